The van der Waals surface area contributed by atoms with Gasteiger partial charge in [-0.25, -0.2) is 9.78 Å². The molecular formula is C17H21BrN2O3. The Bertz CT molecular complexity index is 742. The Kier molecular flexibility index (Phi) is 6.33. The van der Waals surface area contributed by atoms with Crippen LogP contribution in [0.3, 0.4) is 0 Å². The maximum absolute atomic E-state index is 12.4. The van der Waals surface area contributed by atoms with Crippen molar-refractivity contribution in [3.63, 3.8) is 0 Å². The molecule has 0 aliphatic carbocycles. The van der Waals surface area contributed by atoms with Crippen molar-refractivity contribution in [1.29, 1.82) is 0 Å². The van der Waals surface area contributed by atoms with Crippen LogP contribution in [0.4, 0.5) is 0 Å². The Morgan fingerprint density at radius 1 is 1.35 bits per heavy atom. The summed E-state index contributed by atoms with van der Waals surface area (Å²) in [6.45, 7) is 4.17. The van der Waals surface area contributed by atoms with Gasteiger partial charge in [-0.05, 0) is 31.5 Å². The highest BCUT2D eigenvalue weighted by Crippen LogP contribution is 2.23. The number of hydrogen-bond donors (Lipinski definition) is 0. The van der Waals surface area contributed by atoms with Gasteiger partial charge in [0.05, 0.1) is 23.8 Å². The number of carbonyl (C=O) groups excluding carboxylic acids is 1. The fourth-order valence-corrected chi connectivity index (χ4v) is 2.96. The molecule has 0 saturated carbocycles. The number of nitrogens with zero attached hydrogens (tertiary/aromatic N) is 2. The molecule has 0 radical (unpaired) electrons. The summed E-state index contributed by atoms with van der Waals surface area (Å²) in [5.74, 6) is -0.360. The van der Waals surface area contributed by atoms with Crippen molar-refractivity contribution in [3.05, 3.63) is 39.2 Å². The monoisotopic (exact) mass is 380 g/mol. The van der Waals surface area contributed by atoms with Crippen molar-refractivity contribution in [2.75, 3.05) is 6.61 Å². The predicted octanol–water partition coefficient (Wildman–Crippen LogP) is 3.84. The lowest BCUT2D eigenvalue weighted by molar-refractivity contribution is -0.147. The number of ether oxygens (including phenoxy) is 1. The first-order valence-electron chi connectivity index (χ1n) is 7.92. The largest absolute Gasteiger partial charge is 0.464 e. The number of benzene rings is 1. The summed E-state index contributed by atoms with van der Waals surface area (Å²) in [5.41, 5.74) is 1.04. The molecular weight excluding hydrogens is 360 g/mol. The number of halogens is 1. The van der Waals surface area contributed by atoms with Gasteiger partial charge in [0.1, 0.15) is 6.04 Å². The molecule has 0 aliphatic heterocycles. The zero-order valence-corrected chi connectivity index (χ0v) is 15.0. The van der Waals surface area contributed by atoms with Crippen molar-refractivity contribution in [3.8, 4) is 0 Å². The molecule has 124 valence electrons. The number of unbranched alkanes of at least 4 members (excludes halogenated alkanes) is 2. The molecule has 1 heterocycles. The molecule has 0 bridgehead atoms. The first-order chi connectivity index (χ1) is 11.1. The lowest BCUT2D eigenvalue weighted by atomic mass is 10.1. The van der Waals surface area contributed by atoms with Crippen molar-refractivity contribution < 1.29 is 9.53 Å². The third-order valence-corrected chi connectivity index (χ3v) is 4.19. The van der Waals surface area contributed by atoms with Crippen LogP contribution in [0.15, 0.2) is 33.7 Å². The van der Waals surface area contributed by atoms with Crippen molar-refractivity contribution >= 4 is 32.9 Å². The van der Waals surface area contributed by atoms with E-state index in [1.165, 1.54) is 10.8 Å². The highest BCUT2D eigenvalue weighted by atomic mass is 79.9. The molecule has 1 atom stereocenters. The van der Waals surface area contributed by atoms with E-state index in [1.807, 2.05) is 12.1 Å². The molecule has 1 aromatic carbocycles. The van der Waals surface area contributed by atoms with E-state index in [0.717, 1.165) is 23.7 Å². The zero-order valence-electron chi connectivity index (χ0n) is 13.4. The van der Waals surface area contributed by atoms with Gasteiger partial charge in [0, 0.05) is 4.47 Å². The van der Waals surface area contributed by atoms with Crippen LogP contribution in [0.25, 0.3) is 11.0 Å². The molecule has 2 rings (SSSR count). The van der Waals surface area contributed by atoms with Gasteiger partial charge in [0.2, 0.25) is 0 Å². The molecule has 5 nitrogen and oxygen atoms in total. The Morgan fingerprint density at radius 3 is 2.83 bits per heavy atom. The Morgan fingerprint density at radius 2 is 2.13 bits per heavy atom. The standard InChI is InChI=1S/C17H21BrN2O3/c1-3-5-6-7-15(17(22)23-4-2)20-14-9-8-12(18)10-13(14)19-11-16(20)21/h8-11,15H,3-7H2,1-2H3. The predicted molar refractivity (Wildman–Crippen MR) is 93.5 cm³/mol. The van der Waals surface area contributed by atoms with Gasteiger partial charge in [-0.3, -0.25) is 9.36 Å². The minimum atomic E-state index is -0.610. The summed E-state index contributed by atoms with van der Waals surface area (Å²) in [6, 6.07) is 4.87. The van der Waals surface area contributed by atoms with Gasteiger partial charge in [0.15, 0.2) is 0 Å². The molecule has 23 heavy (non-hydrogen) atoms. The second kappa shape index (κ2) is 8.24. The molecule has 0 N–H and O–H groups in total. The Balaban J connectivity index is 2.52. The van der Waals surface area contributed by atoms with E-state index >= 15 is 0 Å². The maximum Gasteiger partial charge on any atom is 0.329 e. The maximum atomic E-state index is 12.4. The van der Waals surface area contributed by atoms with Crippen molar-refractivity contribution in [2.24, 2.45) is 0 Å². The summed E-state index contributed by atoms with van der Waals surface area (Å²) in [5, 5.41) is 0. The van der Waals surface area contributed by atoms with E-state index in [0.29, 0.717) is 24.1 Å². The molecule has 0 spiro atoms. The first-order valence-corrected chi connectivity index (χ1v) is 8.71. The first kappa shape index (κ1) is 17.7. The molecule has 1 aromatic heterocycles. The fourth-order valence-electron chi connectivity index (χ4n) is 2.61. The molecule has 0 saturated heterocycles. The van der Waals surface area contributed by atoms with Crippen molar-refractivity contribution in [1.82, 2.24) is 9.55 Å². The number of hydrogen-bond acceptors (Lipinski definition) is 4. The summed E-state index contributed by atoms with van der Waals surface area (Å²) in [4.78, 5) is 28.9. The lowest BCUT2D eigenvalue weighted by Crippen LogP contribution is -2.31. The Labute approximate surface area is 143 Å². The highest BCUT2D eigenvalue weighted by Gasteiger charge is 2.24. The zero-order chi connectivity index (χ0) is 16.8. The highest BCUT2D eigenvalue weighted by molar-refractivity contribution is 9.10. The van der Waals surface area contributed by atoms with E-state index in [9.17, 15) is 9.59 Å². The molecule has 2 aromatic rings. The van der Waals surface area contributed by atoms with Crippen LogP contribution in [0.2, 0.25) is 0 Å². The van der Waals surface area contributed by atoms with Gasteiger partial charge in [-0.2, -0.15) is 0 Å². The van der Waals surface area contributed by atoms with E-state index in [-0.39, 0.29) is 11.5 Å². The van der Waals surface area contributed by atoms with Gasteiger partial charge < -0.3 is 4.74 Å². The van der Waals surface area contributed by atoms with Crippen LogP contribution in [0.1, 0.15) is 45.6 Å². The van der Waals surface area contributed by atoms with Crippen LogP contribution in [0, 0.1) is 0 Å². The van der Waals surface area contributed by atoms with Crippen LogP contribution in [0.5, 0.6) is 0 Å². The van der Waals surface area contributed by atoms with Crippen LogP contribution < -0.4 is 5.56 Å². The smallest absolute Gasteiger partial charge is 0.329 e. The fraction of sp³-hybridized carbons (Fsp3) is 0.471. The number of carbonyl (C=O) groups is 1. The summed E-state index contributed by atoms with van der Waals surface area (Å²) in [7, 11) is 0. The quantitative estimate of drug-likeness (QED) is 0.540. The number of fused-ring (bicyclic) bond motifs is 1. The van der Waals surface area contributed by atoms with E-state index in [4.69, 9.17) is 4.74 Å². The summed E-state index contributed by atoms with van der Waals surface area (Å²) in [6.07, 6.45) is 4.78. The van der Waals surface area contributed by atoms with Crippen LogP contribution in [-0.2, 0) is 9.53 Å². The van der Waals surface area contributed by atoms with E-state index in [2.05, 4.69) is 27.8 Å². The second-order valence-corrected chi connectivity index (χ2v) is 6.28. The van der Waals surface area contributed by atoms with E-state index in [1.54, 1.807) is 13.0 Å². The van der Waals surface area contributed by atoms with Crippen LogP contribution in [-0.4, -0.2) is 22.1 Å². The minimum absolute atomic E-state index is 0.283. The topological polar surface area (TPSA) is 61.2 Å². The number of rotatable bonds is 7. The second-order valence-electron chi connectivity index (χ2n) is 5.36. The van der Waals surface area contributed by atoms with Crippen LogP contribution >= 0.6 is 15.9 Å². The summed E-state index contributed by atoms with van der Waals surface area (Å²) < 4.78 is 7.58. The van der Waals surface area contributed by atoms with Gasteiger partial charge in [0.25, 0.3) is 5.56 Å². The number of aromatic nitrogens is 2. The molecule has 6 heteroatoms. The molecule has 0 fully saturated rings. The third kappa shape index (κ3) is 4.19. The Hall–Kier alpha value is -1.69. The SMILES string of the molecule is CCCCCC(C(=O)OCC)n1c(=O)cnc2cc(Br)ccc21. The molecule has 1 unspecified atom stereocenters. The van der Waals surface area contributed by atoms with Crippen molar-refractivity contribution in [2.45, 2.75) is 45.6 Å². The molecule has 0 aliphatic rings. The third-order valence-electron chi connectivity index (χ3n) is 3.70. The van der Waals surface area contributed by atoms with Gasteiger partial charge in [-0.1, -0.05) is 42.1 Å². The normalized spacial score (nSPS) is 12.3. The average molecular weight is 381 g/mol. The van der Waals surface area contributed by atoms with Gasteiger partial charge >= 0.3 is 5.97 Å². The molecule has 0 amide bonds. The number of esters is 1. The van der Waals surface area contributed by atoms with Gasteiger partial charge in [-0.15, -0.1) is 0 Å². The average Bonchev–Trinajstić information content (AvgIpc) is 2.53. The van der Waals surface area contributed by atoms with E-state index < -0.39 is 6.04 Å². The minimum Gasteiger partial charge on any atom is -0.464 e. The summed E-state index contributed by atoms with van der Waals surface area (Å²) >= 11 is 3.40. The lowest BCUT2D eigenvalue weighted by Gasteiger charge is -2.20.